The van der Waals surface area contributed by atoms with Gasteiger partial charge >= 0.3 is 0 Å². The lowest BCUT2D eigenvalue weighted by Crippen LogP contribution is -1.75. The van der Waals surface area contributed by atoms with Gasteiger partial charge in [0.25, 0.3) is 0 Å². The zero-order valence-electron chi connectivity index (χ0n) is 5.84. The van der Waals surface area contributed by atoms with E-state index in [1.54, 1.807) is 6.92 Å². The van der Waals surface area contributed by atoms with Crippen molar-refractivity contribution in [1.29, 1.82) is 0 Å². The maximum absolute atomic E-state index is 10.1. The molecule has 1 N–H and O–H groups in total. The minimum atomic E-state index is 0.150. The number of phenols is 1. The molecule has 0 radical (unpaired) electrons. The summed E-state index contributed by atoms with van der Waals surface area (Å²) in [6, 6.07) is 2.99. The van der Waals surface area contributed by atoms with Gasteiger partial charge in [0.15, 0.2) is 0 Å². The van der Waals surface area contributed by atoms with Crippen molar-refractivity contribution in [2.75, 3.05) is 0 Å². The molecule has 0 saturated carbocycles. The fraction of sp³-hybridized carbons (Fsp3) is 0.143. The molecule has 0 heterocycles. The van der Waals surface area contributed by atoms with Crippen LogP contribution in [0.2, 0.25) is 0 Å². The number of aromatic hydroxyl groups is 1. The van der Waals surface area contributed by atoms with Gasteiger partial charge in [0.05, 0.1) is 4.47 Å². The molecular weight excluding hydrogens is 210 g/mol. The lowest BCUT2D eigenvalue weighted by atomic mass is 10.2. The number of nitrogens with zero attached hydrogens (tertiary/aromatic N) is 1. The SMILES string of the molecule is Cc1cc(N=O)cc(Br)c1O. The summed E-state index contributed by atoms with van der Waals surface area (Å²) in [5.41, 5.74) is 0.946. The molecule has 0 aromatic heterocycles. The van der Waals surface area contributed by atoms with Crippen molar-refractivity contribution in [3.8, 4) is 5.75 Å². The summed E-state index contributed by atoms with van der Waals surface area (Å²) < 4.78 is 0.493. The summed E-state index contributed by atoms with van der Waals surface area (Å²) >= 11 is 3.09. The third-order valence-corrected chi connectivity index (χ3v) is 1.95. The van der Waals surface area contributed by atoms with Crippen molar-refractivity contribution in [2.24, 2.45) is 5.18 Å². The van der Waals surface area contributed by atoms with Crippen LogP contribution in [0.25, 0.3) is 0 Å². The Morgan fingerprint density at radius 2 is 2.18 bits per heavy atom. The van der Waals surface area contributed by atoms with Gasteiger partial charge in [-0.15, -0.1) is 4.91 Å². The van der Waals surface area contributed by atoms with Gasteiger partial charge < -0.3 is 5.11 Å². The van der Waals surface area contributed by atoms with E-state index in [2.05, 4.69) is 21.1 Å². The Kier molecular flexibility index (Phi) is 2.24. The van der Waals surface area contributed by atoms with E-state index in [1.165, 1.54) is 12.1 Å². The van der Waals surface area contributed by atoms with E-state index < -0.39 is 0 Å². The first-order chi connectivity index (χ1) is 5.15. The van der Waals surface area contributed by atoms with Gasteiger partial charge in [0.1, 0.15) is 11.4 Å². The molecule has 1 aromatic rings. The number of rotatable bonds is 1. The average molecular weight is 216 g/mol. The molecule has 3 nitrogen and oxygen atoms in total. The first-order valence-corrected chi connectivity index (χ1v) is 3.77. The van der Waals surface area contributed by atoms with Gasteiger partial charge in [-0.2, -0.15) is 0 Å². The molecule has 1 rings (SSSR count). The van der Waals surface area contributed by atoms with Crippen LogP contribution in [0, 0.1) is 11.8 Å². The fourth-order valence-corrected chi connectivity index (χ4v) is 1.32. The Balaban J connectivity index is 3.31. The highest BCUT2D eigenvalue weighted by molar-refractivity contribution is 9.10. The quantitative estimate of drug-likeness (QED) is 0.733. The Labute approximate surface area is 72.2 Å². The largest absolute Gasteiger partial charge is 0.506 e. The maximum atomic E-state index is 10.1. The molecule has 58 valence electrons. The Morgan fingerprint density at radius 1 is 1.55 bits per heavy atom. The van der Waals surface area contributed by atoms with Crippen molar-refractivity contribution in [3.05, 3.63) is 27.1 Å². The zero-order valence-corrected chi connectivity index (χ0v) is 7.42. The van der Waals surface area contributed by atoms with Gasteiger partial charge in [-0.25, -0.2) is 0 Å². The molecule has 0 aliphatic heterocycles. The molecule has 0 fully saturated rings. The summed E-state index contributed by atoms with van der Waals surface area (Å²) in [7, 11) is 0. The molecule has 4 heteroatoms. The van der Waals surface area contributed by atoms with Gasteiger partial charge in [-0.3, -0.25) is 0 Å². The maximum Gasteiger partial charge on any atom is 0.132 e. The highest BCUT2D eigenvalue weighted by Crippen LogP contribution is 2.31. The Hall–Kier alpha value is -0.900. The van der Waals surface area contributed by atoms with Crippen LogP contribution in [0.15, 0.2) is 21.8 Å². The number of halogens is 1. The topological polar surface area (TPSA) is 49.7 Å². The van der Waals surface area contributed by atoms with Gasteiger partial charge in [0.2, 0.25) is 0 Å². The Morgan fingerprint density at radius 3 is 2.64 bits per heavy atom. The highest BCUT2D eigenvalue weighted by atomic mass is 79.9. The second-order valence-corrected chi connectivity index (χ2v) is 3.04. The predicted molar refractivity (Wildman–Crippen MR) is 46.0 cm³/mol. The average Bonchev–Trinajstić information content (AvgIpc) is 1.99. The van der Waals surface area contributed by atoms with Crippen LogP contribution in [-0.4, -0.2) is 5.11 Å². The van der Waals surface area contributed by atoms with E-state index in [-0.39, 0.29) is 5.75 Å². The van der Waals surface area contributed by atoms with E-state index >= 15 is 0 Å². The summed E-state index contributed by atoms with van der Waals surface area (Å²) in [5.74, 6) is 0.150. The molecule has 0 amide bonds. The molecule has 0 atom stereocenters. The van der Waals surface area contributed by atoms with Crippen molar-refractivity contribution >= 4 is 21.6 Å². The van der Waals surface area contributed by atoms with E-state index in [0.717, 1.165) is 0 Å². The van der Waals surface area contributed by atoms with Gasteiger partial charge in [-0.05, 0) is 45.7 Å². The van der Waals surface area contributed by atoms with Crippen molar-refractivity contribution in [2.45, 2.75) is 6.92 Å². The first-order valence-electron chi connectivity index (χ1n) is 2.97. The van der Waals surface area contributed by atoms with E-state index in [9.17, 15) is 10.0 Å². The van der Waals surface area contributed by atoms with Crippen LogP contribution in [0.1, 0.15) is 5.56 Å². The van der Waals surface area contributed by atoms with Crippen LogP contribution in [-0.2, 0) is 0 Å². The lowest BCUT2D eigenvalue weighted by molar-refractivity contribution is 0.468. The van der Waals surface area contributed by atoms with Crippen molar-refractivity contribution in [3.63, 3.8) is 0 Å². The summed E-state index contributed by atoms with van der Waals surface area (Å²) in [6.45, 7) is 1.70. The van der Waals surface area contributed by atoms with Crippen LogP contribution in [0.5, 0.6) is 5.75 Å². The standard InChI is InChI=1S/C7H6BrNO2/c1-4-2-5(9-11)3-6(8)7(4)10/h2-3,10H,1H3. The second-order valence-electron chi connectivity index (χ2n) is 2.18. The minimum Gasteiger partial charge on any atom is -0.506 e. The summed E-state index contributed by atoms with van der Waals surface area (Å²) in [4.78, 5) is 10.1. The van der Waals surface area contributed by atoms with Crippen molar-refractivity contribution < 1.29 is 5.11 Å². The summed E-state index contributed by atoms with van der Waals surface area (Å²) in [6.07, 6.45) is 0. The molecule has 0 spiro atoms. The number of aryl methyl sites for hydroxylation is 1. The number of hydrogen-bond acceptors (Lipinski definition) is 3. The smallest absolute Gasteiger partial charge is 0.132 e. The number of benzene rings is 1. The summed E-state index contributed by atoms with van der Waals surface area (Å²) in [5, 5.41) is 12.0. The molecule has 0 bridgehead atoms. The van der Waals surface area contributed by atoms with Gasteiger partial charge in [0, 0.05) is 0 Å². The fourth-order valence-electron chi connectivity index (χ4n) is 0.771. The number of phenolic OH excluding ortho intramolecular Hbond substituents is 1. The molecular formula is C7H6BrNO2. The third kappa shape index (κ3) is 1.57. The normalized spacial score (nSPS) is 9.64. The predicted octanol–water partition coefficient (Wildman–Crippen LogP) is 2.86. The molecule has 0 saturated heterocycles. The van der Waals surface area contributed by atoms with Crippen LogP contribution in [0.4, 0.5) is 5.69 Å². The van der Waals surface area contributed by atoms with Gasteiger partial charge in [-0.1, -0.05) is 0 Å². The first kappa shape index (κ1) is 8.20. The minimum absolute atomic E-state index is 0.150. The number of nitroso groups, excluding NO2 is 1. The van der Waals surface area contributed by atoms with E-state index in [0.29, 0.717) is 15.7 Å². The second kappa shape index (κ2) is 3.00. The highest BCUT2D eigenvalue weighted by Gasteiger charge is 2.03. The number of hydrogen-bond donors (Lipinski definition) is 1. The molecule has 1 aromatic carbocycles. The molecule has 0 unspecified atom stereocenters. The van der Waals surface area contributed by atoms with E-state index in [4.69, 9.17) is 0 Å². The van der Waals surface area contributed by atoms with Crippen LogP contribution < -0.4 is 0 Å². The molecule has 11 heavy (non-hydrogen) atoms. The third-order valence-electron chi connectivity index (χ3n) is 1.34. The molecule has 0 aliphatic carbocycles. The van der Waals surface area contributed by atoms with Crippen LogP contribution >= 0.6 is 15.9 Å². The van der Waals surface area contributed by atoms with Crippen molar-refractivity contribution in [1.82, 2.24) is 0 Å². The van der Waals surface area contributed by atoms with E-state index in [1.807, 2.05) is 0 Å². The monoisotopic (exact) mass is 215 g/mol. The molecule has 0 aliphatic rings. The zero-order chi connectivity index (χ0) is 8.43. The lowest BCUT2D eigenvalue weighted by Gasteiger charge is -2.00. The Bertz CT molecular complexity index is 275. The van der Waals surface area contributed by atoms with Crippen LogP contribution in [0.3, 0.4) is 0 Å².